The second-order valence-corrected chi connectivity index (χ2v) is 7.51. The molecule has 1 saturated heterocycles. The van der Waals surface area contributed by atoms with Crippen LogP contribution in [0.5, 0.6) is 17.2 Å². The minimum Gasteiger partial charge on any atom is -0.485 e. The normalized spacial score (nSPS) is 21.0. The third-order valence-corrected chi connectivity index (χ3v) is 5.43. The van der Waals surface area contributed by atoms with Gasteiger partial charge in [0, 0.05) is 24.7 Å². The predicted molar refractivity (Wildman–Crippen MR) is 112 cm³/mol. The third-order valence-electron chi connectivity index (χ3n) is 5.43. The van der Waals surface area contributed by atoms with Gasteiger partial charge in [-0.1, -0.05) is 18.2 Å². The summed E-state index contributed by atoms with van der Waals surface area (Å²) in [6, 6.07) is 12.5. The van der Waals surface area contributed by atoms with Crippen LogP contribution in [0.15, 0.2) is 59.9 Å². The molecule has 5 rings (SSSR count). The molecule has 2 aromatic rings. The van der Waals surface area contributed by atoms with Crippen molar-refractivity contribution in [2.24, 2.45) is 0 Å². The first-order valence-corrected chi connectivity index (χ1v) is 10.2. The van der Waals surface area contributed by atoms with Gasteiger partial charge in [0.2, 0.25) is 5.78 Å². The lowest BCUT2D eigenvalue weighted by Gasteiger charge is -2.25. The van der Waals surface area contributed by atoms with Crippen LogP contribution in [-0.2, 0) is 4.74 Å². The Balaban J connectivity index is 1.35. The smallest absolute Gasteiger partial charge is 0.415 e. The molecule has 0 radical (unpaired) electrons. The molecule has 3 aliphatic rings. The summed E-state index contributed by atoms with van der Waals surface area (Å²) in [5, 5.41) is 0. The summed E-state index contributed by atoms with van der Waals surface area (Å²) in [4.78, 5) is 26.7. The molecule has 2 aromatic carbocycles. The number of carbonyl (C=O) groups is 2. The van der Waals surface area contributed by atoms with Gasteiger partial charge in [0.05, 0.1) is 18.8 Å². The van der Waals surface area contributed by atoms with Crippen molar-refractivity contribution in [3.05, 3.63) is 71.0 Å². The molecule has 7 nitrogen and oxygen atoms in total. The summed E-state index contributed by atoms with van der Waals surface area (Å²) in [5.41, 5.74) is 2.23. The molecule has 0 aromatic heterocycles. The minimum absolute atomic E-state index is 0.215. The average Bonchev–Trinajstić information content (AvgIpc) is 3.09. The first-order chi connectivity index (χ1) is 15.1. The number of Topliss-reactive ketones (excluding diaryl/α,β-unsaturated/α-hetero) is 1. The molecule has 0 bridgehead atoms. The van der Waals surface area contributed by atoms with E-state index in [0.717, 1.165) is 16.9 Å². The Morgan fingerprint density at radius 1 is 1.13 bits per heavy atom. The van der Waals surface area contributed by atoms with E-state index in [1.165, 1.54) is 0 Å². The first kappa shape index (κ1) is 19.4. The Bertz CT molecular complexity index is 1110. The van der Waals surface area contributed by atoms with E-state index in [2.05, 4.69) is 0 Å². The molecular formula is C24H21NO6. The quantitative estimate of drug-likeness (QED) is 0.689. The van der Waals surface area contributed by atoms with Gasteiger partial charge in [0.1, 0.15) is 23.4 Å². The topological polar surface area (TPSA) is 74.3 Å². The molecule has 1 fully saturated rings. The Hall–Kier alpha value is -3.58. The van der Waals surface area contributed by atoms with Crippen LogP contribution in [0.4, 0.5) is 4.79 Å². The van der Waals surface area contributed by atoms with Gasteiger partial charge in [-0.2, -0.15) is 0 Å². The van der Waals surface area contributed by atoms with E-state index in [9.17, 15) is 9.59 Å². The highest BCUT2D eigenvalue weighted by atomic mass is 16.6. The molecule has 0 saturated carbocycles. The van der Waals surface area contributed by atoms with Crippen LogP contribution in [0, 0.1) is 0 Å². The Kier molecular flexibility index (Phi) is 4.95. The lowest BCUT2D eigenvalue weighted by molar-refractivity contribution is 0.0416. The number of ketones is 1. The van der Waals surface area contributed by atoms with E-state index in [0.29, 0.717) is 43.4 Å². The lowest BCUT2D eigenvalue weighted by Crippen LogP contribution is -2.42. The molecule has 3 heterocycles. The number of rotatable bonds is 2. The molecule has 158 valence electrons. The number of para-hydroxylation sites is 1. The highest BCUT2D eigenvalue weighted by molar-refractivity contribution is 6.12. The molecule has 7 heteroatoms. The number of amides is 1. The zero-order valence-electron chi connectivity index (χ0n) is 17.0. The van der Waals surface area contributed by atoms with Crippen molar-refractivity contribution < 1.29 is 28.5 Å². The predicted octanol–water partition coefficient (Wildman–Crippen LogP) is 3.84. The molecule has 0 aliphatic carbocycles. The van der Waals surface area contributed by atoms with Crippen molar-refractivity contribution in [3.63, 3.8) is 0 Å². The highest BCUT2D eigenvalue weighted by Crippen LogP contribution is 2.36. The maximum atomic E-state index is 12.8. The van der Waals surface area contributed by atoms with Gasteiger partial charge < -0.3 is 23.8 Å². The van der Waals surface area contributed by atoms with Gasteiger partial charge in [-0.15, -0.1) is 0 Å². The van der Waals surface area contributed by atoms with Crippen molar-refractivity contribution in [1.82, 2.24) is 4.90 Å². The molecule has 0 spiro atoms. The number of ether oxygens (including phenoxy) is 4. The number of morpholine rings is 1. The van der Waals surface area contributed by atoms with Gasteiger partial charge in [0.25, 0.3) is 0 Å². The molecule has 0 N–H and O–H groups in total. The average molecular weight is 419 g/mol. The number of fused-ring (bicyclic) bond motifs is 2. The van der Waals surface area contributed by atoms with E-state index < -0.39 is 6.09 Å². The summed E-state index contributed by atoms with van der Waals surface area (Å²) in [5.74, 6) is 1.51. The second kappa shape index (κ2) is 7.92. The van der Waals surface area contributed by atoms with Gasteiger partial charge in [-0.05, 0) is 42.8 Å². The number of nitrogens with zero attached hydrogens (tertiary/aromatic N) is 1. The van der Waals surface area contributed by atoms with Crippen LogP contribution in [0.3, 0.4) is 0 Å². The van der Waals surface area contributed by atoms with Crippen LogP contribution < -0.4 is 14.2 Å². The van der Waals surface area contributed by atoms with E-state index in [-0.39, 0.29) is 17.6 Å². The van der Waals surface area contributed by atoms with Crippen LogP contribution in [-0.4, -0.2) is 49.2 Å². The summed E-state index contributed by atoms with van der Waals surface area (Å²) < 4.78 is 22.4. The van der Waals surface area contributed by atoms with Crippen molar-refractivity contribution in [2.75, 3.05) is 26.3 Å². The third kappa shape index (κ3) is 3.80. The fourth-order valence-corrected chi connectivity index (χ4v) is 3.71. The molecule has 3 aliphatic heterocycles. The van der Waals surface area contributed by atoms with Crippen LogP contribution in [0.2, 0.25) is 0 Å². The number of carbonyl (C=O) groups excluding carboxylic acids is 2. The Labute approximate surface area is 179 Å². The number of hydrogen-bond acceptors (Lipinski definition) is 6. The molecular weight excluding hydrogens is 398 g/mol. The van der Waals surface area contributed by atoms with Crippen LogP contribution >= 0.6 is 0 Å². The SMILES string of the molecule is CC1Oc2ccccc2C=C1C=C1Oc2cc(OC(=O)N3CCOCC3)ccc2C1=O. The number of benzene rings is 2. The Morgan fingerprint density at radius 3 is 2.77 bits per heavy atom. The monoisotopic (exact) mass is 419 g/mol. The molecule has 1 unspecified atom stereocenters. The van der Waals surface area contributed by atoms with Gasteiger partial charge in [-0.3, -0.25) is 4.79 Å². The molecule has 31 heavy (non-hydrogen) atoms. The lowest BCUT2D eigenvalue weighted by atomic mass is 10.0. The summed E-state index contributed by atoms with van der Waals surface area (Å²) in [6.07, 6.45) is 3.04. The highest BCUT2D eigenvalue weighted by Gasteiger charge is 2.30. The van der Waals surface area contributed by atoms with Crippen molar-refractivity contribution in [1.29, 1.82) is 0 Å². The summed E-state index contributed by atoms with van der Waals surface area (Å²) in [6.45, 7) is 3.89. The van der Waals surface area contributed by atoms with Crippen LogP contribution in [0.1, 0.15) is 22.8 Å². The van der Waals surface area contributed by atoms with Gasteiger partial charge in [0.15, 0.2) is 5.76 Å². The molecule has 1 amide bonds. The van der Waals surface area contributed by atoms with E-state index in [1.807, 2.05) is 37.3 Å². The largest absolute Gasteiger partial charge is 0.485 e. The molecule has 1 atom stereocenters. The minimum atomic E-state index is -0.444. The zero-order valence-corrected chi connectivity index (χ0v) is 17.0. The first-order valence-electron chi connectivity index (χ1n) is 10.2. The van der Waals surface area contributed by atoms with E-state index in [4.69, 9.17) is 18.9 Å². The maximum Gasteiger partial charge on any atom is 0.415 e. The summed E-state index contributed by atoms with van der Waals surface area (Å²) >= 11 is 0. The second-order valence-electron chi connectivity index (χ2n) is 7.51. The number of allylic oxidation sites excluding steroid dienone is 1. The fraction of sp³-hybridized carbons (Fsp3) is 0.250. The maximum absolute atomic E-state index is 12.8. The fourth-order valence-electron chi connectivity index (χ4n) is 3.71. The summed E-state index contributed by atoms with van der Waals surface area (Å²) in [7, 11) is 0. The van der Waals surface area contributed by atoms with Gasteiger partial charge >= 0.3 is 6.09 Å². The van der Waals surface area contributed by atoms with Crippen molar-refractivity contribution in [2.45, 2.75) is 13.0 Å². The van der Waals surface area contributed by atoms with Crippen molar-refractivity contribution in [3.8, 4) is 17.2 Å². The van der Waals surface area contributed by atoms with E-state index >= 15 is 0 Å². The van der Waals surface area contributed by atoms with E-state index in [1.54, 1.807) is 29.2 Å². The van der Waals surface area contributed by atoms with Gasteiger partial charge in [-0.25, -0.2) is 4.79 Å². The standard InChI is InChI=1S/C24H21NO6/c1-15-17(12-16-4-2-3-5-20(16)29-15)13-22-23(26)19-7-6-18(14-21(19)31-22)30-24(27)25-8-10-28-11-9-25/h2-7,12-15H,8-11H2,1H3. The van der Waals surface area contributed by atoms with Crippen LogP contribution in [0.25, 0.3) is 6.08 Å². The zero-order chi connectivity index (χ0) is 21.4. The Morgan fingerprint density at radius 2 is 1.94 bits per heavy atom. The number of hydrogen-bond donors (Lipinski definition) is 0. The van der Waals surface area contributed by atoms with Crippen molar-refractivity contribution >= 4 is 18.0 Å².